The van der Waals surface area contributed by atoms with Gasteiger partial charge >= 0.3 is 0 Å². The van der Waals surface area contributed by atoms with Crippen LogP contribution in [-0.4, -0.2) is 40.4 Å². The lowest BCUT2D eigenvalue weighted by molar-refractivity contribution is -0.133. The van der Waals surface area contributed by atoms with Crippen LogP contribution in [0.25, 0.3) is 22.0 Å². The number of hydrogen-bond acceptors (Lipinski definition) is 2. The first-order valence-electron chi connectivity index (χ1n) is 9.51. The Bertz CT molecular complexity index is 1110. The second-order valence-electron chi connectivity index (χ2n) is 7.36. The first kappa shape index (κ1) is 19.3. The standard InChI is InChI=1S/C23H22ClN3O2/c1-3-23(29)27-12-17(13-27)25-22(28)14-26-11-15(2)18-9-8-16(10-21(18)26)19-6-4-5-7-20(19)24/h3-11,17H,1,12-14H2,2H3,(H,25,28). The van der Waals surface area contributed by atoms with Gasteiger partial charge < -0.3 is 14.8 Å². The van der Waals surface area contributed by atoms with Crippen molar-refractivity contribution in [3.8, 4) is 11.1 Å². The molecule has 0 unspecified atom stereocenters. The van der Waals surface area contributed by atoms with Crippen LogP contribution in [-0.2, 0) is 16.1 Å². The highest BCUT2D eigenvalue weighted by Crippen LogP contribution is 2.31. The van der Waals surface area contributed by atoms with Crippen LogP contribution in [0.1, 0.15) is 5.56 Å². The quantitative estimate of drug-likeness (QED) is 0.654. The number of fused-ring (bicyclic) bond motifs is 1. The number of carbonyl (C=O) groups is 2. The highest BCUT2D eigenvalue weighted by molar-refractivity contribution is 6.33. The normalized spacial score (nSPS) is 13.9. The summed E-state index contributed by atoms with van der Waals surface area (Å²) >= 11 is 6.36. The highest BCUT2D eigenvalue weighted by atomic mass is 35.5. The summed E-state index contributed by atoms with van der Waals surface area (Å²) in [6.07, 6.45) is 3.29. The third kappa shape index (κ3) is 3.78. The number of rotatable bonds is 5. The van der Waals surface area contributed by atoms with Crippen LogP contribution in [0.15, 0.2) is 61.3 Å². The highest BCUT2D eigenvalue weighted by Gasteiger charge is 2.30. The lowest BCUT2D eigenvalue weighted by atomic mass is 10.0. The van der Waals surface area contributed by atoms with Crippen molar-refractivity contribution in [2.45, 2.75) is 19.5 Å². The lowest BCUT2D eigenvalue weighted by Gasteiger charge is -2.38. The largest absolute Gasteiger partial charge is 0.348 e. The summed E-state index contributed by atoms with van der Waals surface area (Å²) in [7, 11) is 0. The molecule has 3 aromatic rings. The van der Waals surface area contributed by atoms with E-state index in [2.05, 4.69) is 30.1 Å². The van der Waals surface area contributed by atoms with Crippen LogP contribution in [0.3, 0.4) is 0 Å². The minimum atomic E-state index is -0.102. The predicted molar refractivity (Wildman–Crippen MR) is 116 cm³/mol. The van der Waals surface area contributed by atoms with Gasteiger partial charge in [-0.05, 0) is 36.3 Å². The summed E-state index contributed by atoms with van der Waals surface area (Å²) < 4.78 is 1.96. The van der Waals surface area contributed by atoms with Gasteiger partial charge in [0.1, 0.15) is 6.54 Å². The Balaban J connectivity index is 1.52. The first-order valence-corrected chi connectivity index (χ1v) is 9.89. The second-order valence-corrected chi connectivity index (χ2v) is 7.77. The van der Waals surface area contributed by atoms with Gasteiger partial charge in [0.15, 0.2) is 0 Å². The monoisotopic (exact) mass is 407 g/mol. The van der Waals surface area contributed by atoms with E-state index in [1.165, 1.54) is 6.08 Å². The van der Waals surface area contributed by atoms with Crippen LogP contribution in [0, 0.1) is 6.92 Å². The molecule has 0 spiro atoms. The van der Waals surface area contributed by atoms with Crippen molar-refractivity contribution in [3.63, 3.8) is 0 Å². The average Bonchev–Trinajstić information content (AvgIpc) is 2.99. The van der Waals surface area contributed by atoms with Crippen molar-refractivity contribution >= 4 is 34.3 Å². The summed E-state index contributed by atoms with van der Waals surface area (Å²) in [5.41, 5.74) is 4.09. The fourth-order valence-electron chi connectivity index (χ4n) is 3.78. The molecule has 1 aromatic heterocycles. The van der Waals surface area contributed by atoms with Crippen molar-refractivity contribution in [2.24, 2.45) is 0 Å². The zero-order chi connectivity index (χ0) is 20.5. The molecule has 1 aliphatic heterocycles. The van der Waals surface area contributed by atoms with Crippen LogP contribution >= 0.6 is 11.6 Å². The molecule has 5 nitrogen and oxygen atoms in total. The van der Waals surface area contributed by atoms with E-state index in [4.69, 9.17) is 11.6 Å². The Morgan fingerprint density at radius 3 is 2.72 bits per heavy atom. The summed E-state index contributed by atoms with van der Waals surface area (Å²) in [5.74, 6) is -0.171. The molecule has 148 valence electrons. The number of hydrogen-bond donors (Lipinski definition) is 1. The van der Waals surface area contributed by atoms with E-state index >= 15 is 0 Å². The molecule has 0 atom stereocenters. The molecular weight excluding hydrogens is 386 g/mol. The van der Waals surface area contributed by atoms with Gasteiger partial charge in [-0.2, -0.15) is 0 Å². The Kier molecular flexibility index (Phi) is 5.16. The zero-order valence-corrected chi connectivity index (χ0v) is 16.9. The summed E-state index contributed by atoms with van der Waals surface area (Å²) in [4.78, 5) is 25.7. The third-order valence-electron chi connectivity index (χ3n) is 5.31. The molecule has 1 N–H and O–H groups in total. The molecule has 1 aliphatic rings. The minimum Gasteiger partial charge on any atom is -0.348 e. The maximum absolute atomic E-state index is 12.5. The van der Waals surface area contributed by atoms with E-state index in [0.29, 0.717) is 18.1 Å². The molecule has 1 saturated heterocycles. The van der Waals surface area contributed by atoms with Crippen LogP contribution in [0.5, 0.6) is 0 Å². The molecule has 2 amide bonds. The number of nitrogens with zero attached hydrogens (tertiary/aromatic N) is 2. The molecule has 0 radical (unpaired) electrons. The number of halogens is 1. The third-order valence-corrected chi connectivity index (χ3v) is 5.64. The van der Waals surface area contributed by atoms with Crippen LogP contribution in [0.4, 0.5) is 0 Å². The van der Waals surface area contributed by atoms with Crippen molar-refractivity contribution in [2.75, 3.05) is 13.1 Å². The molecular formula is C23H22ClN3O2. The van der Waals surface area contributed by atoms with E-state index in [0.717, 1.165) is 27.6 Å². The fraction of sp³-hybridized carbons (Fsp3) is 0.217. The zero-order valence-electron chi connectivity index (χ0n) is 16.2. The van der Waals surface area contributed by atoms with E-state index in [-0.39, 0.29) is 24.4 Å². The smallest absolute Gasteiger partial charge is 0.246 e. The summed E-state index contributed by atoms with van der Waals surface area (Å²) in [6, 6.07) is 13.9. The first-order chi connectivity index (χ1) is 14.0. The average molecular weight is 408 g/mol. The van der Waals surface area contributed by atoms with E-state index in [1.807, 2.05) is 42.0 Å². The van der Waals surface area contributed by atoms with Crippen LogP contribution in [0.2, 0.25) is 5.02 Å². The van der Waals surface area contributed by atoms with Crippen molar-refractivity contribution in [3.05, 3.63) is 71.9 Å². The molecule has 29 heavy (non-hydrogen) atoms. The number of amides is 2. The number of aromatic nitrogens is 1. The Morgan fingerprint density at radius 1 is 1.24 bits per heavy atom. The van der Waals surface area contributed by atoms with Gasteiger partial charge in [0, 0.05) is 40.8 Å². The van der Waals surface area contributed by atoms with Gasteiger partial charge in [-0.1, -0.05) is 48.5 Å². The fourth-order valence-corrected chi connectivity index (χ4v) is 4.02. The van der Waals surface area contributed by atoms with Gasteiger partial charge in [-0.3, -0.25) is 9.59 Å². The second kappa shape index (κ2) is 7.76. The van der Waals surface area contributed by atoms with E-state index in [1.54, 1.807) is 4.90 Å². The SMILES string of the molecule is C=CC(=O)N1CC(NC(=O)Cn2cc(C)c3ccc(-c4ccccc4Cl)cc32)C1. The molecule has 2 aromatic carbocycles. The number of aryl methyl sites for hydroxylation is 1. The molecule has 0 bridgehead atoms. The molecule has 1 fully saturated rings. The van der Waals surface area contributed by atoms with Crippen molar-refractivity contribution < 1.29 is 9.59 Å². The van der Waals surface area contributed by atoms with E-state index in [9.17, 15) is 9.59 Å². The molecule has 4 rings (SSSR count). The Hall–Kier alpha value is -3.05. The summed E-state index contributed by atoms with van der Waals surface area (Å²) in [6.45, 7) is 6.80. The molecule has 2 heterocycles. The lowest BCUT2D eigenvalue weighted by Crippen LogP contribution is -2.61. The molecule has 0 aliphatic carbocycles. The minimum absolute atomic E-state index is 0.00647. The number of likely N-dealkylation sites (tertiary alicyclic amines) is 1. The maximum atomic E-state index is 12.5. The van der Waals surface area contributed by atoms with Gasteiger partial charge in [0.25, 0.3) is 0 Å². The number of benzene rings is 2. The van der Waals surface area contributed by atoms with Gasteiger partial charge in [-0.15, -0.1) is 0 Å². The number of nitrogens with one attached hydrogen (secondary N) is 1. The topological polar surface area (TPSA) is 54.3 Å². The van der Waals surface area contributed by atoms with Crippen LogP contribution < -0.4 is 5.32 Å². The predicted octanol–water partition coefficient (Wildman–Crippen LogP) is 3.78. The van der Waals surface area contributed by atoms with Crippen molar-refractivity contribution in [1.29, 1.82) is 0 Å². The number of carbonyl (C=O) groups excluding carboxylic acids is 2. The van der Waals surface area contributed by atoms with E-state index < -0.39 is 0 Å². The van der Waals surface area contributed by atoms with Gasteiger partial charge in [0.2, 0.25) is 11.8 Å². The van der Waals surface area contributed by atoms with Gasteiger partial charge in [-0.25, -0.2) is 0 Å². The summed E-state index contributed by atoms with van der Waals surface area (Å²) in [5, 5.41) is 4.80. The Morgan fingerprint density at radius 2 is 2.00 bits per heavy atom. The molecule has 0 saturated carbocycles. The maximum Gasteiger partial charge on any atom is 0.246 e. The van der Waals surface area contributed by atoms with Gasteiger partial charge in [0.05, 0.1) is 6.04 Å². The molecule has 6 heteroatoms. The Labute approximate surface area is 174 Å². The van der Waals surface area contributed by atoms with Crippen molar-refractivity contribution in [1.82, 2.24) is 14.8 Å².